The van der Waals surface area contributed by atoms with E-state index < -0.39 is 5.82 Å². The third-order valence-electron chi connectivity index (χ3n) is 3.00. The molecule has 0 aliphatic heterocycles. The average molecular weight is 305 g/mol. The van der Waals surface area contributed by atoms with Crippen molar-refractivity contribution in [3.05, 3.63) is 47.5 Å². The Bertz CT molecular complexity index is 667. The summed E-state index contributed by atoms with van der Waals surface area (Å²) in [6.07, 6.45) is 0. The van der Waals surface area contributed by atoms with Gasteiger partial charge < -0.3 is 9.84 Å². The highest BCUT2D eigenvalue weighted by atomic mass is 19.1. The van der Waals surface area contributed by atoms with Crippen LogP contribution in [0.4, 0.5) is 10.2 Å². The van der Waals surface area contributed by atoms with E-state index in [0.717, 1.165) is 0 Å². The van der Waals surface area contributed by atoms with E-state index in [9.17, 15) is 14.0 Å². The number of nitrogens with one attached hydrogen (secondary N) is 1. The fourth-order valence-corrected chi connectivity index (χ4v) is 1.90. The molecule has 2 aromatic rings. The van der Waals surface area contributed by atoms with Gasteiger partial charge >= 0.3 is 0 Å². The summed E-state index contributed by atoms with van der Waals surface area (Å²) < 4.78 is 17.7. The van der Waals surface area contributed by atoms with Crippen LogP contribution in [0.2, 0.25) is 0 Å². The molecule has 0 saturated heterocycles. The van der Waals surface area contributed by atoms with Gasteiger partial charge in [0.1, 0.15) is 11.6 Å². The molecule has 0 spiro atoms. The molecule has 0 atom stereocenters. The van der Waals surface area contributed by atoms with Crippen LogP contribution < -0.4 is 10.2 Å². The van der Waals surface area contributed by atoms with E-state index in [2.05, 4.69) is 10.5 Å². The lowest BCUT2D eigenvalue weighted by atomic mass is 10.2. The number of benzene rings is 1. The van der Waals surface area contributed by atoms with E-state index in [4.69, 9.17) is 4.52 Å². The van der Waals surface area contributed by atoms with Crippen LogP contribution in [-0.2, 0) is 4.79 Å². The van der Waals surface area contributed by atoms with E-state index in [0.29, 0.717) is 17.1 Å². The van der Waals surface area contributed by atoms with Crippen LogP contribution in [0.5, 0.6) is 0 Å². The molecule has 7 heteroatoms. The van der Waals surface area contributed by atoms with Gasteiger partial charge in [-0.2, -0.15) is 0 Å². The molecule has 0 aliphatic rings. The van der Waals surface area contributed by atoms with Gasteiger partial charge in [0.25, 0.3) is 5.91 Å². The number of hydrogen-bond donors (Lipinski definition) is 1. The monoisotopic (exact) mass is 305 g/mol. The Morgan fingerprint density at radius 2 is 2.00 bits per heavy atom. The quantitative estimate of drug-likeness (QED) is 0.915. The molecular formula is C15H16FN3O3. The average Bonchev–Trinajstić information content (AvgIpc) is 2.90. The van der Waals surface area contributed by atoms with Gasteiger partial charge in [-0.15, -0.1) is 0 Å². The number of anilines is 1. The molecule has 0 aliphatic carbocycles. The van der Waals surface area contributed by atoms with Gasteiger partial charge in [0.15, 0.2) is 5.82 Å². The summed E-state index contributed by atoms with van der Waals surface area (Å²) in [6, 6.07) is 6.87. The van der Waals surface area contributed by atoms with E-state index in [1.807, 2.05) is 0 Å². The van der Waals surface area contributed by atoms with E-state index in [1.165, 1.54) is 36.1 Å². The van der Waals surface area contributed by atoms with Crippen molar-refractivity contribution in [2.24, 2.45) is 0 Å². The summed E-state index contributed by atoms with van der Waals surface area (Å²) in [5.74, 6) is 0.0579. The predicted octanol–water partition coefficient (Wildman–Crippen LogP) is 1.91. The van der Waals surface area contributed by atoms with Crippen LogP contribution in [0.3, 0.4) is 0 Å². The second kappa shape index (κ2) is 6.84. The minimum Gasteiger partial charge on any atom is -0.360 e. The highest BCUT2D eigenvalue weighted by molar-refractivity contribution is 5.94. The van der Waals surface area contributed by atoms with Gasteiger partial charge in [-0.25, -0.2) is 4.39 Å². The number of hydrogen-bond acceptors (Lipinski definition) is 4. The maximum Gasteiger partial charge on any atom is 0.251 e. The first kappa shape index (κ1) is 15.7. The van der Waals surface area contributed by atoms with Crippen molar-refractivity contribution >= 4 is 17.6 Å². The molecule has 116 valence electrons. The Morgan fingerprint density at radius 3 is 2.55 bits per heavy atom. The molecule has 0 fully saturated rings. The van der Waals surface area contributed by atoms with Crippen LogP contribution >= 0.6 is 0 Å². The number of aromatic nitrogens is 1. The molecule has 0 saturated carbocycles. The number of nitrogens with zero attached hydrogens (tertiary/aromatic N) is 2. The second-order valence-corrected chi connectivity index (χ2v) is 4.73. The fraction of sp³-hybridized carbons (Fsp3) is 0.267. The number of carbonyl (C=O) groups excluding carboxylic acids is 2. The third kappa shape index (κ3) is 3.91. The predicted molar refractivity (Wildman–Crippen MR) is 78.0 cm³/mol. The Morgan fingerprint density at radius 1 is 1.32 bits per heavy atom. The van der Waals surface area contributed by atoms with Crippen LogP contribution in [0.25, 0.3) is 0 Å². The zero-order valence-electron chi connectivity index (χ0n) is 12.3. The Balaban J connectivity index is 1.92. The summed E-state index contributed by atoms with van der Waals surface area (Å²) >= 11 is 0. The van der Waals surface area contributed by atoms with Gasteiger partial charge in [-0.1, -0.05) is 5.16 Å². The van der Waals surface area contributed by atoms with Crippen molar-refractivity contribution in [3.8, 4) is 0 Å². The van der Waals surface area contributed by atoms with Crippen molar-refractivity contribution < 1.29 is 18.5 Å². The number of halogens is 1. The van der Waals surface area contributed by atoms with Gasteiger partial charge in [-0.3, -0.25) is 14.5 Å². The number of carbonyl (C=O) groups is 2. The SMILES string of the molecule is CC(=O)N(CCNC(=O)c1ccc(F)cc1)c1cc(C)on1. The number of rotatable bonds is 5. The first-order valence-electron chi connectivity index (χ1n) is 6.72. The minimum atomic E-state index is -0.402. The van der Waals surface area contributed by atoms with Crippen LogP contribution in [0.1, 0.15) is 23.0 Å². The van der Waals surface area contributed by atoms with E-state index >= 15 is 0 Å². The molecule has 1 heterocycles. The third-order valence-corrected chi connectivity index (χ3v) is 3.00. The summed E-state index contributed by atoms with van der Waals surface area (Å²) in [5.41, 5.74) is 0.355. The topological polar surface area (TPSA) is 75.4 Å². The maximum absolute atomic E-state index is 12.8. The van der Waals surface area contributed by atoms with Crippen molar-refractivity contribution in [1.82, 2.24) is 10.5 Å². The zero-order valence-corrected chi connectivity index (χ0v) is 12.3. The lowest BCUT2D eigenvalue weighted by molar-refractivity contribution is -0.116. The van der Waals surface area contributed by atoms with Gasteiger partial charge in [0.05, 0.1) is 0 Å². The molecule has 1 N–H and O–H groups in total. The van der Waals surface area contributed by atoms with Crippen molar-refractivity contribution in [2.45, 2.75) is 13.8 Å². The molecular weight excluding hydrogens is 289 g/mol. The van der Waals surface area contributed by atoms with Gasteiger partial charge in [0.2, 0.25) is 5.91 Å². The normalized spacial score (nSPS) is 10.3. The summed E-state index contributed by atoms with van der Waals surface area (Å²) in [6.45, 7) is 3.63. The minimum absolute atomic E-state index is 0.204. The molecule has 0 radical (unpaired) electrons. The Labute approximate surface area is 126 Å². The first-order valence-corrected chi connectivity index (χ1v) is 6.72. The van der Waals surface area contributed by atoms with Crippen LogP contribution in [0, 0.1) is 12.7 Å². The zero-order chi connectivity index (χ0) is 16.1. The molecule has 1 aromatic heterocycles. The van der Waals surface area contributed by atoms with Crippen molar-refractivity contribution in [1.29, 1.82) is 0 Å². The molecule has 6 nitrogen and oxygen atoms in total. The van der Waals surface area contributed by atoms with Crippen LogP contribution in [0.15, 0.2) is 34.9 Å². The Kier molecular flexibility index (Phi) is 4.88. The van der Waals surface area contributed by atoms with Crippen molar-refractivity contribution in [3.63, 3.8) is 0 Å². The van der Waals surface area contributed by atoms with Gasteiger partial charge in [0, 0.05) is 31.6 Å². The lowest BCUT2D eigenvalue weighted by Crippen LogP contribution is -2.37. The molecule has 0 unspecified atom stereocenters. The highest BCUT2D eigenvalue weighted by Gasteiger charge is 2.15. The smallest absolute Gasteiger partial charge is 0.251 e. The largest absolute Gasteiger partial charge is 0.360 e. The highest BCUT2D eigenvalue weighted by Crippen LogP contribution is 2.13. The molecule has 0 bridgehead atoms. The molecule has 1 aromatic carbocycles. The summed E-state index contributed by atoms with van der Waals surface area (Å²) in [7, 11) is 0. The van der Waals surface area contributed by atoms with Crippen LogP contribution in [-0.4, -0.2) is 30.1 Å². The maximum atomic E-state index is 12.8. The fourth-order valence-electron chi connectivity index (χ4n) is 1.90. The Hall–Kier alpha value is -2.70. The second-order valence-electron chi connectivity index (χ2n) is 4.73. The van der Waals surface area contributed by atoms with E-state index in [1.54, 1.807) is 13.0 Å². The first-order chi connectivity index (χ1) is 10.5. The molecule has 2 rings (SSSR count). The standard InChI is InChI=1S/C15H16FN3O3/c1-10-9-14(18-22-10)19(11(2)20)8-7-17-15(21)12-3-5-13(16)6-4-12/h3-6,9H,7-8H2,1-2H3,(H,17,21). The summed E-state index contributed by atoms with van der Waals surface area (Å²) in [5, 5.41) is 6.45. The van der Waals surface area contributed by atoms with Gasteiger partial charge in [-0.05, 0) is 31.2 Å². The molecule has 2 amide bonds. The van der Waals surface area contributed by atoms with Crippen molar-refractivity contribution in [2.75, 3.05) is 18.0 Å². The van der Waals surface area contributed by atoms with E-state index in [-0.39, 0.29) is 24.9 Å². The lowest BCUT2D eigenvalue weighted by Gasteiger charge is -2.17. The number of aryl methyl sites for hydroxylation is 1. The summed E-state index contributed by atoms with van der Waals surface area (Å²) in [4.78, 5) is 24.9. The molecule has 22 heavy (non-hydrogen) atoms. The number of amides is 2.